The average Bonchev–Trinajstić information content (AvgIpc) is 2.26. The second-order valence-electron chi connectivity index (χ2n) is 3.99. The zero-order chi connectivity index (χ0) is 12.0. The minimum Gasteiger partial charge on any atom is -0.326 e. The molecule has 0 aliphatic rings. The van der Waals surface area contributed by atoms with Crippen LogP contribution in [0.1, 0.15) is 19.4 Å². The van der Waals surface area contributed by atoms with Crippen LogP contribution in [-0.2, 0) is 11.3 Å². The van der Waals surface area contributed by atoms with Gasteiger partial charge >= 0.3 is 0 Å². The summed E-state index contributed by atoms with van der Waals surface area (Å²) in [4.78, 5) is 11.5. The Morgan fingerprint density at radius 1 is 1.44 bits per heavy atom. The quantitative estimate of drug-likeness (QED) is 0.697. The summed E-state index contributed by atoms with van der Waals surface area (Å²) in [6, 6.07) is 7.86. The lowest BCUT2D eigenvalue weighted by Crippen LogP contribution is -2.32. The van der Waals surface area contributed by atoms with E-state index in [0.717, 1.165) is 11.3 Å². The van der Waals surface area contributed by atoms with E-state index in [1.165, 1.54) is 0 Å². The number of benzene rings is 1. The lowest BCUT2D eigenvalue weighted by molar-refractivity contribution is -0.115. The summed E-state index contributed by atoms with van der Waals surface area (Å²) in [6.07, 6.45) is 0. The summed E-state index contributed by atoms with van der Waals surface area (Å²) in [5.41, 5.74) is 7.32. The zero-order valence-electron chi connectivity index (χ0n) is 9.79. The molecule has 0 bridgehead atoms. The third kappa shape index (κ3) is 4.42. The van der Waals surface area contributed by atoms with Gasteiger partial charge in [0.05, 0.1) is 6.54 Å². The van der Waals surface area contributed by atoms with Crippen molar-refractivity contribution in [3.8, 4) is 0 Å². The van der Waals surface area contributed by atoms with Crippen LogP contribution in [0.3, 0.4) is 0 Å². The predicted octanol–water partition coefficient (Wildman–Crippen LogP) is 1.08. The van der Waals surface area contributed by atoms with Gasteiger partial charge in [0.25, 0.3) is 0 Å². The molecule has 1 aromatic carbocycles. The van der Waals surface area contributed by atoms with Gasteiger partial charge in [0.2, 0.25) is 5.91 Å². The van der Waals surface area contributed by atoms with Crippen molar-refractivity contribution in [2.24, 2.45) is 5.73 Å². The molecule has 0 heterocycles. The summed E-state index contributed by atoms with van der Waals surface area (Å²) in [5.74, 6) is -0.0390. The molecule has 0 spiro atoms. The Morgan fingerprint density at radius 3 is 2.81 bits per heavy atom. The molecule has 0 aliphatic carbocycles. The molecule has 0 saturated heterocycles. The Labute approximate surface area is 96.2 Å². The summed E-state index contributed by atoms with van der Waals surface area (Å²) in [7, 11) is 0. The summed E-state index contributed by atoms with van der Waals surface area (Å²) >= 11 is 0. The molecule has 0 unspecified atom stereocenters. The largest absolute Gasteiger partial charge is 0.326 e. The Morgan fingerprint density at radius 2 is 2.19 bits per heavy atom. The Balaban J connectivity index is 2.49. The highest BCUT2D eigenvalue weighted by Gasteiger charge is 2.03. The van der Waals surface area contributed by atoms with Gasteiger partial charge in [0.15, 0.2) is 0 Å². The first-order valence-corrected chi connectivity index (χ1v) is 5.44. The second kappa shape index (κ2) is 6.25. The van der Waals surface area contributed by atoms with E-state index in [2.05, 4.69) is 10.6 Å². The Bertz CT molecular complexity index is 350. The third-order valence-corrected chi connectivity index (χ3v) is 2.12. The lowest BCUT2D eigenvalue weighted by atomic mass is 10.2. The third-order valence-electron chi connectivity index (χ3n) is 2.12. The molecule has 0 radical (unpaired) electrons. The maximum Gasteiger partial charge on any atom is 0.238 e. The van der Waals surface area contributed by atoms with Crippen molar-refractivity contribution < 1.29 is 4.79 Å². The molecule has 0 atom stereocenters. The standard InChI is InChI=1S/C12H19N3O/c1-9(2)14-8-12(16)15-11-5-3-4-10(6-11)7-13/h3-6,9,14H,7-8,13H2,1-2H3,(H,15,16). The van der Waals surface area contributed by atoms with E-state index in [4.69, 9.17) is 5.73 Å². The van der Waals surface area contributed by atoms with Gasteiger partial charge < -0.3 is 16.4 Å². The van der Waals surface area contributed by atoms with Crippen LogP contribution in [0, 0.1) is 0 Å². The molecule has 0 aliphatic heterocycles. The van der Waals surface area contributed by atoms with Gasteiger partial charge in [-0.1, -0.05) is 26.0 Å². The molecular formula is C12H19N3O. The minimum atomic E-state index is -0.0390. The van der Waals surface area contributed by atoms with E-state index in [9.17, 15) is 4.79 Å². The highest BCUT2D eigenvalue weighted by atomic mass is 16.1. The van der Waals surface area contributed by atoms with Gasteiger partial charge in [-0.3, -0.25) is 4.79 Å². The van der Waals surface area contributed by atoms with E-state index < -0.39 is 0 Å². The summed E-state index contributed by atoms with van der Waals surface area (Å²) < 4.78 is 0. The van der Waals surface area contributed by atoms with Crippen LogP contribution in [0.4, 0.5) is 5.69 Å². The topological polar surface area (TPSA) is 67.2 Å². The van der Waals surface area contributed by atoms with Crippen molar-refractivity contribution in [2.45, 2.75) is 26.4 Å². The van der Waals surface area contributed by atoms with Crippen molar-refractivity contribution in [3.63, 3.8) is 0 Å². The molecule has 1 aromatic rings. The summed E-state index contributed by atoms with van der Waals surface area (Å²) in [5, 5.41) is 5.87. The van der Waals surface area contributed by atoms with Crippen LogP contribution in [-0.4, -0.2) is 18.5 Å². The van der Waals surface area contributed by atoms with Gasteiger partial charge in [0.1, 0.15) is 0 Å². The number of anilines is 1. The normalized spacial score (nSPS) is 10.5. The second-order valence-corrected chi connectivity index (χ2v) is 3.99. The van der Waals surface area contributed by atoms with E-state index in [-0.39, 0.29) is 5.91 Å². The SMILES string of the molecule is CC(C)NCC(=O)Nc1cccc(CN)c1. The molecule has 88 valence electrons. The van der Waals surface area contributed by atoms with Gasteiger partial charge in [-0.15, -0.1) is 0 Å². The Hall–Kier alpha value is -1.39. The average molecular weight is 221 g/mol. The highest BCUT2D eigenvalue weighted by molar-refractivity contribution is 5.92. The summed E-state index contributed by atoms with van der Waals surface area (Å²) in [6.45, 7) is 4.81. The van der Waals surface area contributed by atoms with E-state index >= 15 is 0 Å². The molecule has 0 saturated carbocycles. The van der Waals surface area contributed by atoms with Gasteiger partial charge in [-0.25, -0.2) is 0 Å². The molecule has 0 aromatic heterocycles. The van der Waals surface area contributed by atoms with Crippen molar-refractivity contribution in [3.05, 3.63) is 29.8 Å². The van der Waals surface area contributed by atoms with Crippen LogP contribution in [0.5, 0.6) is 0 Å². The van der Waals surface area contributed by atoms with Crippen molar-refractivity contribution >= 4 is 11.6 Å². The number of rotatable bonds is 5. The first-order chi connectivity index (χ1) is 7.61. The van der Waals surface area contributed by atoms with Gasteiger partial charge in [-0.2, -0.15) is 0 Å². The number of carbonyl (C=O) groups is 1. The number of hydrogen-bond donors (Lipinski definition) is 3. The van der Waals surface area contributed by atoms with Crippen LogP contribution >= 0.6 is 0 Å². The van der Waals surface area contributed by atoms with Crippen LogP contribution < -0.4 is 16.4 Å². The zero-order valence-corrected chi connectivity index (χ0v) is 9.79. The highest BCUT2D eigenvalue weighted by Crippen LogP contribution is 2.09. The molecule has 16 heavy (non-hydrogen) atoms. The molecule has 4 nitrogen and oxygen atoms in total. The fraction of sp³-hybridized carbons (Fsp3) is 0.417. The fourth-order valence-corrected chi connectivity index (χ4v) is 1.28. The van der Waals surface area contributed by atoms with E-state index in [1.54, 1.807) is 0 Å². The maximum atomic E-state index is 11.5. The molecule has 1 rings (SSSR count). The minimum absolute atomic E-state index is 0.0390. The van der Waals surface area contributed by atoms with E-state index in [1.807, 2.05) is 38.1 Å². The van der Waals surface area contributed by atoms with Crippen LogP contribution in [0.25, 0.3) is 0 Å². The predicted molar refractivity (Wildman–Crippen MR) is 66.1 cm³/mol. The van der Waals surface area contributed by atoms with Crippen molar-refractivity contribution in [1.82, 2.24) is 5.32 Å². The molecule has 4 N–H and O–H groups in total. The van der Waals surface area contributed by atoms with Crippen molar-refractivity contribution in [1.29, 1.82) is 0 Å². The van der Waals surface area contributed by atoms with Crippen LogP contribution in [0.15, 0.2) is 24.3 Å². The first kappa shape index (κ1) is 12.7. The first-order valence-electron chi connectivity index (χ1n) is 5.44. The number of carbonyl (C=O) groups excluding carboxylic acids is 1. The van der Waals surface area contributed by atoms with E-state index in [0.29, 0.717) is 19.1 Å². The van der Waals surface area contributed by atoms with Gasteiger partial charge in [-0.05, 0) is 17.7 Å². The molecule has 0 fully saturated rings. The lowest BCUT2D eigenvalue weighted by Gasteiger charge is -2.09. The fourth-order valence-electron chi connectivity index (χ4n) is 1.28. The number of nitrogens with two attached hydrogens (primary N) is 1. The van der Waals surface area contributed by atoms with Crippen molar-refractivity contribution in [2.75, 3.05) is 11.9 Å². The number of amides is 1. The monoisotopic (exact) mass is 221 g/mol. The van der Waals surface area contributed by atoms with Crippen LogP contribution in [0.2, 0.25) is 0 Å². The van der Waals surface area contributed by atoms with Gasteiger partial charge in [0, 0.05) is 18.3 Å². The Kier molecular flexibility index (Phi) is 4.95. The number of nitrogens with one attached hydrogen (secondary N) is 2. The smallest absolute Gasteiger partial charge is 0.238 e. The number of hydrogen-bond acceptors (Lipinski definition) is 3. The molecular weight excluding hydrogens is 202 g/mol. The maximum absolute atomic E-state index is 11.5. The molecule has 1 amide bonds. The molecule has 4 heteroatoms.